The van der Waals surface area contributed by atoms with Gasteiger partial charge in [-0.05, 0) is 73.4 Å². The molecule has 156 valence electrons. The van der Waals surface area contributed by atoms with Gasteiger partial charge in [0, 0.05) is 43.1 Å². The minimum atomic E-state index is 0.0346. The van der Waals surface area contributed by atoms with E-state index in [1.807, 2.05) is 30.7 Å². The number of nitrogens with one attached hydrogen (secondary N) is 1. The minimum absolute atomic E-state index is 0.0346. The lowest BCUT2D eigenvalue weighted by atomic mass is 9.96. The van der Waals surface area contributed by atoms with E-state index in [0.29, 0.717) is 5.92 Å². The Bertz CT molecular complexity index is 1010. The Morgan fingerprint density at radius 3 is 2.53 bits per heavy atom. The molecule has 4 rings (SSSR count). The molecule has 0 aliphatic carbocycles. The second-order valence-electron chi connectivity index (χ2n) is 8.44. The first-order chi connectivity index (χ1) is 14.5. The maximum atomic E-state index is 5.77. The standard InChI is InChI=1S/C24H29N5S/c1-16(2)14-29-23(22(27-24(29)30)21-7-5-6-10-26-21)20-13-17(3)28(18(20)4)15-19-8-11-25-12-9-19/h5-13,16,22-23H,14-15H2,1-4H3,(H,27,30)/t22-,23+/m0/s1. The SMILES string of the molecule is Cc1cc([C@@H]2[C@H](c3ccccn3)NC(=S)N2CC(C)C)c(C)n1Cc1ccncc1. The third-order valence-corrected chi connectivity index (χ3v) is 6.13. The van der Waals surface area contributed by atoms with Gasteiger partial charge in [-0.1, -0.05) is 19.9 Å². The van der Waals surface area contributed by atoms with Crippen LogP contribution in [0.25, 0.3) is 0 Å². The van der Waals surface area contributed by atoms with Crippen molar-refractivity contribution in [3.8, 4) is 0 Å². The van der Waals surface area contributed by atoms with E-state index in [1.165, 1.54) is 22.5 Å². The number of aromatic nitrogens is 3. The molecule has 2 atom stereocenters. The molecule has 30 heavy (non-hydrogen) atoms. The third kappa shape index (κ3) is 3.97. The summed E-state index contributed by atoms with van der Waals surface area (Å²) in [6.45, 7) is 10.6. The van der Waals surface area contributed by atoms with Crippen LogP contribution in [-0.4, -0.2) is 31.1 Å². The number of hydrogen-bond donors (Lipinski definition) is 1. The van der Waals surface area contributed by atoms with Crippen molar-refractivity contribution in [3.05, 3.63) is 83.2 Å². The van der Waals surface area contributed by atoms with E-state index in [9.17, 15) is 0 Å². The maximum Gasteiger partial charge on any atom is 0.170 e. The Kier molecular flexibility index (Phi) is 5.86. The summed E-state index contributed by atoms with van der Waals surface area (Å²) in [5.41, 5.74) is 6.11. The minimum Gasteiger partial charge on any atom is -0.352 e. The van der Waals surface area contributed by atoms with E-state index in [1.54, 1.807) is 0 Å². The number of pyridine rings is 2. The first kappa shape index (κ1) is 20.5. The summed E-state index contributed by atoms with van der Waals surface area (Å²) in [6, 6.07) is 12.7. The number of rotatable bonds is 6. The van der Waals surface area contributed by atoms with Crippen molar-refractivity contribution in [2.75, 3.05) is 6.54 Å². The molecule has 0 aromatic carbocycles. The molecule has 1 fully saturated rings. The van der Waals surface area contributed by atoms with Gasteiger partial charge in [-0.25, -0.2) is 0 Å². The van der Waals surface area contributed by atoms with E-state index in [2.05, 4.69) is 76.7 Å². The first-order valence-corrected chi connectivity index (χ1v) is 10.9. The Morgan fingerprint density at radius 2 is 1.87 bits per heavy atom. The molecule has 0 spiro atoms. The van der Waals surface area contributed by atoms with Crippen molar-refractivity contribution in [2.45, 2.75) is 46.3 Å². The molecule has 1 saturated heterocycles. The average Bonchev–Trinajstić information content (AvgIpc) is 3.20. The summed E-state index contributed by atoms with van der Waals surface area (Å²) in [6.07, 6.45) is 5.56. The topological polar surface area (TPSA) is 46.0 Å². The molecule has 3 aromatic heterocycles. The summed E-state index contributed by atoms with van der Waals surface area (Å²) in [4.78, 5) is 11.1. The lowest BCUT2D eigenvalue weighted by molar-refractivity contribution is 0.286. The van der Waals surface area contributed by atoms with Gasteiger partial charge in [0.1, 0.15) is 0 Å². The number of hydrogen-bond acceptors (Lipinski definition) is 3. The highest BCUT2D eigenvalue weighted by Gasteiger charge is 2.41. The van der Waals surface area contributed by atoms with Crippen molar-refractivity contribution in [1.29, 1.82) is 0 Å². The van der Waals surface area contributed by atoms with Crippen molar-refractivity contribution in [2.24, 2.45) is 5.92 Å². The fourth-order valence-electron chi connectivity index (χ4n) is 4.38. The van der Waals surface area contributed by atoms with Gasteiger partial charge in [0.25, 0.3) is 0 Å². The Balaban J connectivity index is 1.76. The fraction of sp³-hybridized carbons (Fsp3) is 0.375. The molecule has 0 radical (unpaired) electrons. The largest absolute Gasteiger partial charge is 0.352 e. The van der Waals surface area contributed by atoms with Gasteiger partial charge in [-0.2, -0.15) is 0 Å². The van der Waals surface area contributed by atoms with E-state index in [4.69, 9.17) is 12.2 Å². The summed E-state index contributed by atoms with van der Waals surface area (Å²) in [5, 5.41) is 4.37. The van der Waals surface area contributed by atoms with Crippen LogP contribution in [-0.2, 0) is 6.54 Å². The molecule has 0 unspecified atom stereocenters. The highest BCUT2D eigenvalue weighted by molar-refractivity contribution is 7.80. The second-order valence-corrected chi connectivity index (χ2v) is 8.83. The van der Waals surface area contributed by atoms with Crippen LogP contribution in [0.5, 0.6) is 0 Å². The van der Waals surface area contributed by atoms with Crippen LogP contribution >= 0.6 is 12.2 Å². The van der Waals surface area contributed by atoms with Crippen LogP contribution in [0.3, 0.4) is 0 Å². The van der Waals surface area contributed by atoms with Crippen LogP contribution < -0.4 is 5.32 Å². The van der Waals surface area contributed by atoms with Gasteiger partial charge in [0.05, 0.1) is 17.8 Å². The van der Waals surface area contributed by atoms with Crippen molar-refractivity contribution in [3.63, 3.8) is 0 Å². The molecule has 4 heterocycles. The van der Waals surface area contributed by atoms with Crippen molar-refractivity contribution in [1.82, 2.24) is 24.8 Å². The van der Waals surface area contributed by atoms with Gasteiger partial charge in [-0.15, -0.1) is 0 Å². The zero-order valence-electron chi connectivity index (χ0n) is 18.0. The van der Waals surface area contributed by atoms with Crippen molar-refractivity contribution < 1.29 is 0 Å². The maximum absolute atomic E-state index is 5.77. The summed E-state index contributed by atoms with van der Waals surface area (Å²) < 4.78 is 2.38. The normalized spacial score (nSPS) is 18.8. The van der Waals surface area contributed by atoms with Gasteiger partial charge < -0.3 is 14.8 Å². The lowest BCUT2D eigenvalue weighted by Crippen LogP contribution is -2.33. The van der Waals surface area contributed by atoms with Crippen LogP contribution in [0, 0.1) is 19.8 Å². The van der Waals surface area contributed by atoms with Gasteiger partial charge in [0.15, 0.2) is 5.11 Å². The van der Waals surface area contributed by atoms with Gasteiger partial charge >= 0.3 is 0 Å². The van der Waals surface area contributed by atoms with Crippen LogP contribution in [0.4, 0.5) is 0 Å². The molecular weight excluding hydrogens is 390 g/mol. The number of thiocarbonyl (C=S) groups is 1. The van der Waals surface area contributed by atoms with E-state index < -0.39 is 0 Å². The molecule has 1 aliphatic rings. The van der Waals surface area contributed by atoms with E-state index in [-0.39, 0.29) is 12.1 Å². The van der Waals surface area contributed by atoms with Crippen LogP contribution in [0.1, 0.15) is 54.1 Å². The Hall–Kier alpha value is -2.73. The van der Waals surface area contributed by atoms with Crippen LogP contribution in [0.15, 0.2) is 55.0 Å². The molecule has 0 bridgehead atoms. The van der Waals surface area contributed by atoms with Crippen LogP contribution in [0.2, 0.25) is 0 Å². The second kappa shape index (κ2) is 8.56. The molecule has 1 N–H and O–H groups in total. The highest BCUT2D eigenvalue weighted by Crippen LogP contribution is 2.41. The smallest absolute Gasteiger partial charge is 0.170 e. The van der Waals surface area contributed by atoms with E-state index >= 15 is 0 Å². The monoisotopic (exact) mass is 419 g/mol. The molecule has 5 nitrogen and oxygen atoms in total. The molecule has 6 heteroatoms. The molecule has 0 amide bonds. The van der Waals surface area contributed by atoms with Gasteiger partial charge in [-0.3, -0.25) is 9.97 Å². The molecule has 1 aliphatic heterocycles. The zero-order valence-corrected chi connectivity index (χ0v) is 18.9. The number of aryl methyl sites for hydroxylation is 1. The zero-order chi connectivity index (χ0) is 21.3. The number of nitrogens with zero attached hydrogens (tertiary/aromatic N) is 4. The summed E-state index contributed by atoms with van der Waals surface area (Å²) in [7, 11) is 0. The first-order valence-electron chi connectivity index (χ1n) is 10.5. The van der Waals surface area contributed by atoms with Crippen molar-refractivity contribution >= 4 is 17.3 Å². The quantitative estimate of drug-likeness (QED) is 0.593. The molecule has 3 aromatic rings. The highest BCUT2D eigenvalue weighted by atomic mass is 32.1. The average molecular weight is 420 g/mol. The Morgan fingerprint density at radius 1 is 1.10 bits per heavy atom. The fourth-order valence-corrected chi connectivity index (χ4v) is 4.69. The van der Waals surface area contributed by atoms with Gasteiger partial charge in [0.2, 0.25) is 0 Å². The predicted octanol–water partition coefficient (Wildman–Crippen LogP) is 4.57. The van der Waals surface area contributed by atoms with E-state index in [0.717, 1.165) is 23.9 Å². The molecule has 0 saturated carbocycles. The molecular formula is C24H29N5S. The third-order valence-electron chi connectivity index (χ3n) is 5.78. The summed E-state index contributed by atoms with van der Waals surface area (Å²) >= 11 is 5.77. The predicted molar refractivity (Wildman–Crippen MR) is 124 cm³/mol. The lowest BCUT2D eigenvalue weighted by Gasteiger charge is -2.29. The summed E-state index contributed by atoms with van der Waals surface area (Å²) in [5.74, 6) is 0.509. The Labute approximate surface area is 184 Å².